The van der Waals surface area contributed by atoms with Crippen molar-refractivity contribution < 1.29 is 9.52 Å². The molecule has 62 valence electrons. The van der Waals surface area contributed by atoms with Crippen LogP contribution < -0.4 is 0 Å². The molecule has 0 fully saturated rings. The Morgan fingerprint density at radius 1 is 1.64 bits per heavy atom. The third-order valence-electron chi connectivity index (χ3n) is 1.44. The minimum absolute atomic E-state index is 0.279. The fourth-order valence-corrected chi connectivity index (χ4v) is 0.999. The van der Waals surface area contributed by atoms with Crippen LogP contribution in [0.4, 0.5) is 0 Å². The SMILES string of the molecule is C[C@H](O)CCc1ccc(Cl)o1. The van der Waals surface area contributed by atoms with E-state index in [0.29, 0.717) is 11.6 Å². The van der Waals surface area contributed by atoms with Crippen LogP contribution in [-0.4, -0.2) is 11.2 Å². The molecule has 2 nitrogen and oxygen atoms in total. The number of aliphatic hydroxyl groups is 1. The van der Waals surface area contributed by atoms with Crippen LogP contribution in [0, 0.1) is 0 Å². The minimum Gasteiger partial charge on any atom is -0.450 e. The maximum absolute atomic E-state index is 8.95. The largest absolute Gasteiger partial charge is 0.450 e. The van der Waals surface area contributed by atoms with Gasteiger partial charge in [0.05, 0.1) is 6.10 Å². The first kappa shape index (κ1) is 8.62. The lowest BCUT2D eigenvalue weighted by atomic mass is 10.2. The fourth-order valence-electron chi connectivity index (χ4n) is 0.837. The van der Waals surface area contributed by atoms with Gasteiger partial charge < -0.3 is 9.52 Å². The highest BCUT2D eigenvalue weighted by atomic mass is 35.5. The second kappa shape index (κ2) is 3.79. The fraction of sp³-hybridized carbons (Fsp3) is 0.500. The Morgan fingerprint density at radius 3 is 2.82 bits per heavy atom. The molecule has 1 heterocycles. The molecule has 1 rings (SSSR count). The monoisotopic (exact) mass is 174 g/mol. The molecule has 0 amide bonds. The van der Waals surface area contributed by atoms with Crippen molar-refractivity contribution in [1.82, 2.24) is 0 Å². The van der Waals surface area contributed by atoms with Crippen LogP contribution in [0.1, 0.15) is 19.1 Å². The van der Waals surface area contributed by atoms with E-state index in [4.69, 9.17) is 21.1 Å². The zero-order valence-electron chi connectivity index (χ0n) is 6.38. The molecule has 11 heavy (non-hydrogen) atoms. The number of halogens is 1. The lowest BCUT2D eigenvalue weighted by Gasteiger charge is -1.99. The third-order valence-corrected chi connectivity index (χ3v) is 1.64. The van der Waals surface area contributed by atoms with Crippen molar-refractivity contribution in [3.05, 3.63) is 23.1 Å². The standard InChI is InChI=1S/C8H11ClO2/c1-6(10)2-3-7-4-5-8(9)11-7/h4-6,10H,2-3H2,1H3/t6-/m0/s1. The molecule has 1 N–H and O–H groups in total. The highest BCUT2D eigenvalue weighted by Crippen LogP contribution is 2.14. The number of aryl methyl sites for hydroxylation is 1. The van der Waals surface area contributed by atoms with Crippen molar-refractivity contribution in [2.45, 2.75) is 25.9 Å². The number of furan rings is 1. The van der Waals surface area contributed by atoms with Gasteiger partial charge in [-0.05, 0) is 37.1 Å². The summed E-state index contributed by atoms with van der Waals surface area (Å²) in [4.78, 5) is 0. The normalized spacial score (nSPS) is 13.4. The van der Waals surface area contributed by atoms with Crippen LogP contribution in [0.5, 0.6) is 0 Å². The van der Waals surface area contributed by atoms with E-state index in [1.54, 1.807) is 13.0 Å². The van der Waals surface area contributed by atoms with Gasteiger partial charge in [0.25, 0.3) is 0 Å². The van der Waals surface area contributed by atoms with Crippen molar-refractivity contribution in [3.8, 4) is 0 Å². The molecule has 0 unspecified atom stereocenters. The summed E-state index contributed by atoms with van der Waals surface area (Å²) >= 11 is 5.55. The molecule has 3 heteroatoms. The van der Waals surface area contributed by atoms with Gasteiger partial charge in [0.2, 0.25) is 0 Å². The molecule has 0 bridgehead atoms. The molecule has 1 aromatic heterocycles. The van der Waals surface area contributed by atoms with E-state index in [-0.39, 0.29) is 6.10 Å². The summed E-state index contributed by atoms with van der Waals surface area (Å²) in [7, 11) is 0. The predicted octanol–water partition coefficient (Wildman–Crippen LogP) is 2.25. The van der Waals surface area contributed by atoms with E-state index >= 15 is 0 Å². The molecule has 1 aromatic rings. The Balaban J connectivity index is 2.39. The van der Waals surface area contributed by atoms with E-state index in [1.165, 1.54) is 0 Å². The highest BCUT2D eigenvalue weighted by molar-refractivity contribution is 6.28. The molecule has 0 spiro atoms. The lowest BCUT2D eigenvalue weighted by Crippen LogP contribution is -2.00. The van der Waals surface area contributed by atoms with Gasteiger partial charge in [0, 0.05) is 6.42 Å². The van der Waals surface area contributed by atoms with Crippen molar-refractivity contribution in [2.75, 3.05) is 0 Å². The molecule has 1 atom stereocenters. The average Bonchev–Trinajstić information content (AvgIpc) is 2.31. The minimum atomic E-state index is -0.279. The average molecular weight is 175 g/mol. The maximum atomic E-state index is 8.95. The van der Waals surface area contributed by atoms with Gasteiger partial charge in [-0.3, -0.25) is 0 Å². The van der Waals surface area contributed by atoms with Gasteiger partial charge >= 0.3 is 0 Å². The molecule has 0 saturated heterocycles. The van der Waals surface area contributed by atoms with E-state index in [0.717, 1.165) is 12.2 Å². The van der Waals surface area contributed by atoms with E-state index in [2.05, 4.69) is 0 Å². The first-order chi connectivity index (χ1) is 5.18. The van der Waals surface area contributed by atoms with E-state index in [9.17, 15) is 0 Å². The summed E-state index contributed by atoms with van der Waals surface area (Å²) in [5.41, 5.74) is 0. The summed E-state index contributed by atoms with van der Waals surface area (Å²) in [6.07, 6.45) is 1.17. The molecular formula is C8H11ClO2. The Hall–Kier alpha value is -0.470. The number of aliphatic hydroxyl groups excluding tert-OH is 1. The molecule has 0 aliphatic carbocycles. The summed E-state index contributed by atoms with van der Waals surface area (Å²) in [5, 5.41) is 9.35. The first-order valence-corrected chi connectivity index (χ1v) is 3.98. The Labute approximate surface area is 70.8 Å². The zero-order chi connectivity index (χ0) is 8.27. The molecule has 0 aliphatic heterocycles. The van der Waals surface area contributed by atoms with Gasteiger partial charge in [0.1, 0.15) is 5.76 Å². The quantitative estimate of drug-likeness (QED) is 0.763. The van der Waals surface area contributed by atoms with Gasteiger partial charge in [-0.2, -0.15) is 0 Å². The topological polar surface area (TPSA) is 33.4 Å². The maximum Gasteiger partial charge on any atom is 0.193 e. The van der Waals surface area contributed by atoms with Crippen LogP contribution in [0.25, 0.3) is 0 Å². The van der Waals surface area contributed by atoms with E-state index < -0.39 is 0 Å². The van der Waals surface area contributed by atoms with Crippen molar-refractivity contribution >= 4 is 11.6 Å². The van der Waals surface area contributed by atoms with Gasteiger partial charge in [-0.1, -0.05) is 0 Å². The number of rotatable bonds is 3. The molecule has 0 saturated carbocycles. The zero-order valence-corrected chi connectivity index (χ0v) is 7.14. The van der Waals surface area contributed by atoms with Crippen LogP contribution >= 0.6 is 11.6 Å². The summed E-state index contributed by atoms with van der Waals surface area (Å²) in [6.45, 7) is 1.75. The number of hydrogen-bond acceptors (Lipinski definition) is 2. The molecular weight excluding hydrogens is 164 g/mol. The van der Waals surface area contributed by atoms with Crippen molar-refractivity contribution in [1.29, 1.82) is 0 Å². The van der Waals surface area contributed by atoms with Crippen LogP contribution in [0.2, 0.25) is 5.22 Å². The molecule has 0 aliphatic rings. The van der Waals surface area contributed by atoms with Gasteiger partial charge in [0.15, 0.2) is 5.22 Å². The van der Waals surface area contributed by atoms with E-state index in [1.807, 2.05) is 6.07 Å². The summed E-state index contributed by atoms with van der Waals surface area (Å²) in [6, 6.07) is 3.53. The van der Waals surface area contributed by atoms with Crippen LogP contribution in [-0.2, 0) is 6.42 Å². The summed E-state index contributed by atoms with van der Waals surface area (Å²) in [5.74, 6) is 0.830. The lowest BCUT2D eigenvalue weighted by molar-refractivity contribution is 0.182. The van der Waals surface area contributed by atoms with Crippen molar-refractivity contribution in [3.63, 3.8) is 0 Å². The van der Waals surface area contributed by atoms with Gasteiger partial charge in [-0.25, -0.2) is 0 Å². The number of hydrogen-bond donors (Lipinski definition) is 1. The van der Waals surface area contributed by atoms with Crippen molar-refractivity contribution in [2.24, 2.45) is 0 Å². The first-order valence-electron chi connectivity index (χ1n) is 3.61. The third kappa shape index (κ3) is 2.95. The van der Waals surface area contributed by atoms with Crippen LogP contribution in [0.3, 0.4) is 0 Å². The second-order valence-corrected chi connectivity index (χ2v) is 2.97. The Kier molecular flexibility index (Phi) is 2.97. The summed E-state index contributed by atoms with van der Waals surface area (Å²) < 4.78 is 5.09. The van der Waals surface area contributed by atoms with Crippen LogP contribution in [0.15, 0.2) is 16.5 Å². The molecule has 0 radical (unpaired) electrons. The smallest absolute Gasteiger partial charge is 0.193 e. The predicted molar refractivity (Wildman–Crippen MR) is 43.7 cm³/mol. The molecule has 0 aromatic carbocycles. The highest BCUT2D eigenvalue weighted by Gasteiger charge is 2.01. The second-order valence-electron chi connectivity index (χ2n) is 2.59. The Morgan fingerprint density at radius 2 is 2.36 bits per heavy atom. The van der Waals surface area contributed by atoms with Gasteiger partial charge in [-0.15, -0.1) is 0 Å². The Bertz CT molecular complexity index is 218.